The van der Waals surface area contributed by atoms with E-state index in [9.17, 15) is 4.79 Å². The molecule has 1 atom stereocenters. The lowest BCUT2D eigenvalue weighted by atomic mass is 10.2. The van der Waals surface area contributed by atoms with Gasteiger partial charge in [-0.15, -0.1) is 0 Å². The largest absolute Gasteiger partial charge is 0.497 e. The van der Waals surface area contributed by atoms with Crippen molar-refractivity contribution in [1.82, 2.24) is 10.2 Å². The van der Waals surface area contributed by atoms with Crippen LogP contribution in [-0.4, -0.2) is 43.7 Å². The first-order valence-electron chi connectivity index (χ1n) is 6.12. The molecule has 1 unspecified atom stereocenters. The fourth-order valence-electron chi connectivity index (χ4n) is 2.02. The van der Waals surface area contributed by atoms with Gasteiger partial charge in [-0.25, -0.2) is 4.79 Å². The SMILES string of the molecule is COc1cccc(NC(=O)N2CCNC(C)C2)c1. The fraction of sp³-hybridized carbons (Fsp3) is 0.462. The summed E-state index contributed by atoms with van der Waals surface area (Å²) in [4.78, 5) is 13.9. The maximum atomic E-state index is 12.1. The van der Waals surface area contributed by atoms with Crippen LogP contribution in [0.1, 0.15) is 6.92 Å². The van der Waals surface area contributed by atoms with Crippen molar-refractivity contribution in [2.75, 3.05) is 32.1 Å². The van der Waals surface area contributed by atoms with E-state index in [0.29, 0.717) is 6.04 Å². The van der Waals surface area contributed by atoms with Crippen molar-refractivity contribution < 1.29 is 9.53 Å². The predicted molar refractivity (Wildman–Crippen MR) is 71.1 cm³/mol. The zero-order valence-electron chi connectivity index (χ0n) is 10.8. The molecule has 1 heterocycles. The molecule has 1 fully saturated rings. The van der Waals surface area contributed by atoms with Gasteiger partial charge in [0, 0.05) is 37.4 Å². The number of anilines is 1. The minimum atomic E-state index is -0.0587. The maximum Gasteiger partial charge on any atom is 0.321 e. The number of methoxy groups -OCH3 is 1. The molecular weight excluding hydrogens is 230 g/mol. The second-order valence-electron chi connectivity index (χ2n) is 4.46. The van der Waals surface area contributed by atoms with Gasteiger partial charge in [0.25, 0.3) is 0 Å². The number of carbonyl (C=O) groups excluding carboxylic acids is 1. The molecular formula is C13H19N3O2. The zero-order valence-corrected chi connectivity index (χ0v) is 10.8. The number of piperazine rings is 1. The number of amides is 2. The van der Waals surface area contributed by atoms with E-state index in [2.05, 4.69) is 17.6 Å². The van der Waals surface area contributed by atoms with Gasteiger partial charge in [-0.1, -0.05) is 6.07 Å². The topological polar surface area (TPSA) is 53.6 Å². The Hall–Kier alpha value is -1.75. The highest BCUT2D eigenvalue weighted by Crippen LogP contribution is 2.17. The molecule has 0 radical (unpaired) electrons. The van der Waals surface area contributed by atoms with Crippen molar-refractivity contribution in [1.29, 1.82) is 0 Å². The fourth-order valence-corrected chi connectivity index (χ4v) is 2.02. The van der Waals surface area contributed by atoms with Crippen molar-refractivity contribution in [3.63, 3.8) is 0 Å². The van der Waals surface area contributed by atoms with Crippen LogP contribution in [0.15, 0.2) is 24.3 Å². The van der Waals surface area contributed by atoms with Crippen molar-refractivity contribution >= 4 is 11.7 Å². The number of nitrogens with one attached hydrogen (secondary N) is 2. The summed E-state index contributed by atoms with van der Waals surface area (Å²) < 4.78 is 5.12. The predicted octanol–water partition coefficient (Wildman–Crippen LogP) is 1.52. The van der Waals surface area contributed by atoms with Gasteiger partial charge in [0.1, 0.15) is 5.75 Å². The maximum absolute atomic E-state index is 12.1. The zero-order chi connectivity index (χ0) is 13.0. The number of hydrogen-bond donors (Lipinski definition) is 2. The third kappa shape index (κ3) is 3.13. The number of urea groups is 1. The molecule has 0 aliphatic carbocycles. The normalized spacial score (nSPS) is 19.4. The van der Waals surface area contributed by atoms with Crippen LogP contribution in [0.2, 0.25) is 0 Å². The molecule has 5 nitrogen and oxygen atoms in total. The second kappa shape index (κ2) is 5.73. The molecule has 0 bridgehead atoms. The Morgan fingerprint density at radius 1 is 1.56 bits per heavy atom. The van der Waals surface area contributed by atoms with Crippen LogP contribution in [0, 0.1) is 0 Å². The van der Waals surface area contributed by atoms with Gasteiger partial charge in [-0.3, -0.25) is 0 Å². The van der Waals surface area contributed by atoms with Crippen LogP contribution in [-0.2, 0) is 0 Å². The van der Waals surface area contributed by atoms with E-state index in [1.165, 1.54) is 0 Å². The molecule has 0 spiro atoms. The van der Waals surface area contributed by atoms with Gasteiger partial charge in [-0.05, 0) is 19.1 Å². The Balaban J connectivity index is 1.97. The number of benzene rings is 1. The quantitative estimate of drug-likeness (QED) is 0.835. The third-order valence-corrected chi connectivity index (χ3v) is 2.98. The number of rotatable bonds is 2. The monoisotopic (exact) mass is 249 g/mol. The van der Waals surface area contributed by atoms with Gasteiger partial charge in [0.05, 0.1) is 7.11 Å². The molecule has 1 saturated heterocycles. The summed E-state index contributed by atoms with van der Waals surface area (Å²) in [6, 6.07) is 7.65. The molecule has 1 aromatic rings. The molecule has 1 aliphatic heterocycles. The van der Waals surface area contributed by atoms with E-state index in [1.54, 1.807) is 7.11 Å². The number of hydrogen-bond acceptors (Lipinski definition) is 3. The summed E-state index contributed by atoms with van der Waals surface area (Å²) in [5.74, 6) is 0.737. The summed E-state index contributed by atoms with van der Waals surface area (Å²) >= 11 is 0. The molecule has 2 amide bonds. The lowest BCUT2D eigenvalue weighted by Gasteiger charge is -2.31. The van der Waals surface area contributed by atoms with Crippen LogP contribution in [0.4, 0.5) is 10.5 Å². The summed E-state index contributed by atoms with van der Waals surface area (Å²) in [7, 11) is 1.61. The van der Waals surface area contributed by atoms with Crippen molar-refractivity contribution in [3.05, 3.63) is 24.3 Å². The molecule has 0 aromatic heterocycles. The van der Waals surface area contributed by atoms with Crippen LogP contribution in [0.3, 0.4) is 0 Å². The second-order valence-corrected chi connectivity index (χ2v) is 4.46. The van der Waals surface area contributed by atoms with E-state index >= 15 is 0 Å². The molecule has 1 aromatic carbocycles. The van der Waals surface area contributed by atoms with E-state index < -0.39 is 0 Å². The van der Waals surface area contributed by atoms with Crippen LogP contribution in [0.25, 0.3) is 0 Å². The highest BCUT2D eigenvalue weighted by Gasteiger charge is 2.20. The molecule has 18 heavy (non-hydrogen) atoms. The van der Waals surface area contributed by atoms with Gasteiger partial charge in [-0.2, -0.15) is 0 Å². The first-order chi connectivity index (χ1) is 8.69. The first-order valence-corrected chi connectivity index (χ1v) is 6.12. The first kappa shape index (κ1) is 12.7. The van der Waals surface area contributed by atoms with Crippen LogP contribution in [0.5, 0.6) is 5.75 Å². The third-order valence-electron chi connectivity index (χ3n) is 2.98. The minimum Gasteiger partial charge on any atom is -0.497 e. The smallest absolute Gasteiger partial charge is 0.321 e. The number of nitrogens with zero attached hydrogens (tertiary/aromatic N) is 1. The van der Waals surface area contributed by atoms with Crippen molar-refractivity contribution in [2.24, 2.45) is 0 Å². The molecule has 2 N–H and O–H groups in total. The lowest BCUT2D eigenvalue weighted by molar-refractivity contribution is 0.192. The van der Waals surface area contributed by atoms with Gasteiger partial charge >= 0.3 is 6.03 Å². The lowest BCUT2D eigenvalue weighted by Crippen LogP contribution is -2.52. The van der Waals surface area contributed by atoms with Crippen LogP contribution < -0.4 is 15.4 Å². The highest BCUT2D eigenvalue weighted by atomic mass is 16.5. The average Bonchev–Trinajstić information content (AvgIpc) is 2.39. The van der Waals surface area contributed by atoms with E-state index in [0.717, 1.165) is 31.1 Å². The molecule has 98 valence electrons. The summed E-state index contributed by atoms with van der Waals surface area (Å²) in [5, 5.41) is 6.19. The number of ether oxygens (including phenoxy) is 1. The minimum absolute atomic E-state index is 0.0587. The molecule has 2 rings (SSSR count). The van der Waals surface area contributed by atoms with Gasteiger partial charge in [0.2, 0.25) is 0 Å². The molecule has 1 aliphatic rings. The highest BCUT2D eigenvalue weighted by molar-refractivity contribution is 5.89. The Bertz CT molecular complexity index is 422. The molecule has 5 heteroatoms. The standard InChI is InChI=1S/C13H19N3O2/c1-10-9-16(7-6-14-10)13(17)15-11-4-3-5-12(8-11)18-2/h3-5,8,10,14H,6-7,9H2,1-2H3,(H,15,17). The molecule has 0 saturated carbocycles. The van der Waals surface area contributed by atoms with E-state index in [-0.39, 0.29) is 6.03 Å². The van der Waals surface area contributed by atoms with Gasteiger partial charge < -0.3 is 20.3 Å². The Morgan fingerprint density at radius 3 is 3.11 bits per heavy atom. The summed E-state index contributed by atoms with van der Waals surface area (Å²) in [6.45, 7) is 4.38. The van der Waals surface area contributed by atoms with Crippen molar-refractivity contribution in [3.8, 4) is 5.75 Å². The average molecular weight is 249 g/mol. The summed E-state index contributed by atoms with van der Waals surface area (Å²) in [5.41, 5.74) is 0.755. The number of carbonyl (C=O) groups is 1. The van der Waals surface area contributed by atoms with Crippen LogP contribution >= 0.6 is 0 Å². The Labute approximate surface area is 107 Å². The van der Waals surface area contributed by atoms with E-state index in [4.69, 9.17) is 4.74 Å². The summed E-state index contributed by atoms with van der Waals surface area (Å²) in [6.07, 6.45) is 0. The van der Waals surface area contributed by atoms with Crippen molar-refractivity contribution in [2.45, 2.75) is 13.0 Å². The Morgan fingerprint density at radius 2 is 2.39 bits per heavy atom. The van der Waals surface area contributed by atoms with E-state index in [1.807, 2.05) is 29.2 Å². The Kier molecular flexibility index (Phi) is 4.04. The van der Waals surface area contributed by atoms with Gasteiger partial charge in [0.15, 0.2) is 0 Å².